The molecule has 0 aromatic heterocycles. The van der Waals surface area contributed by atoms with Gasteiger partial charge in [0.15, 0.2) is 0 Å². The Morgan fingerprint density at radius 1 is 0.741 bits per heavy atom. The van der Waals surface area contributed by atoms with E-state index in [1.807, 2.05) is 111 Å². The first-order chi connectivity index (χ1) is 13.2. The monoisotopic (exact) mass is 356 g/mol. The molecule has 0 saturated heterocycles. The van der Waals surface area contributed by atoms with Gasteiger partial charge in [0.05, 0.1) is 0 Å². The van der Waals surface area contributed by atoms with Crippen molar-refractivity contribution in [2.75, 3.05) is 6.61 Å². The summed E-state index contributed by atoms with van der Waals surface area (Å²) in [6.07, 6.45) is 1.92. The number of hydrogen-bond donors (Lipinski definition) is 0. The highest BCUT2D eigenvalue weighted by Crippen LogP contribution is 2.40. The number of allylic oxidation sites excluding steroid dienone is 1. The molecule has 0 atom stereocenters. The quantitative estimate of drug-likeness (QED) is 0.330. The van der Waals surface area contributed by atoms with Gasteiger partial charge in [-0.3, -0.25) is 4.79 Å². The Bertz CT molecular complexity index is 796. The van der Waals surface area contributed by atoms with Gasteiger partial charge in [-0.05, 0) is 36.6 Å². The van der Waals surface area contributed by atoms with Gasteiger partial charge in [0.1, 0.15) is 12.0 Å². The van der Waals surface area contributed by atoms with Crippen LogP contribution in [0.3, 0.4) is 0 Å². The van der Waals surface area contributed by atoms with E-state index in [-0.39, 0.29) is 12.6 Å². The van der Waals surface area contributed by atoms with Crippen LogP contribution in [0.25, 0.3) is 0 Å². The van der Waals surface area contributed by atoms with Crippen LogP contribution in [0.15, 0.2) is 103 Å². The fraction of sp³-hybridized carbons (Fsp3) is 0.160. The third kappa shape index (κ3) is 3.85. The average Bonchev–Trinajstić information content (AvgIpc) is 2.71. The van der Waals surface area contributed by atoms with Crippen molar-refractivity contribution in [3.8, 4) is 0 Å². The van der Waals surface area contributed by atoms with E-state index < -0.39 is 5.41 Å². The molecule has 0 unspecified atom stereocenters. The SMILES string of the molecule is CC(C)=CCOC(=O)C(c1ccccc1)(c1ccccc1)c1ccccc1. The minimum atomic E-state index is -1.01. The summed E-state index contributed by atoms with van der Waals surface area (Å²) in [6, 6.07) is 29.5. The summed E-state index contributed by atoms with van der Waals surface area (Å²) in [4.78, 5) is 13.6. The second-order valence-corrected chi connectivity index (χ2v) is 6.73. The van der Waals surface area contributed by atoms with Crippen LogP contribution < -0.4 is 0 Å². The zero-order valence-corrected chi connectivity index (χ0v) is 15.8. The largest absolute Gasteiger partial charge is 0.460 e. The number of rotatable bonds is 6. The highest BCUT2D eigenvalue weighted by molar-refractivity contribution is 5.92. The maximum Gasteiger partial charge on any atom is 0.325 e. The van der Waals surface area contributed by atoms with E-state index in [1.165, 1.54) is 0 Å². The standard InChI is InChI=1S/C25H24O2/c1-20(2)18-19-27-24(26)25(21-12-6-3-7-13-21,22-14-8-4-9-15-22)23-16-10-5-11-17-23/h3-18H,19H2,1-2H3. The molecule has 27 heavy (non-hydrogen) atoms. The predicted octanol–water partition coefficient (Wildman–Crippen LogP) is 5.53. The summed E-state index contributed by atoms with van der Waals surface area (Å²) in [5.41, 5.74) is 2.78. The first-order valence-corrected chi connectivity index (χ1v) is 9.13. The molecule has 0 N–H and O–H groups in total. The van der Waals surface area contributed by atoms with E-state index >= 15 is 0 Å². The molecule has 3 aromatic rings. The Balaban J connectivity index is 2.23. The van der Waals surface area contributed by atoms with Crippen LogP contribution in [0.1, 0.15) is 30.5 Å². The molecular formula is C25H24O2. The summed E-state index contributed by atoms with van der Waals surface area (Å²) in [7, 11) is 0. The highest BCUT2D eigenvalue weighted by atomic mass is 16.5. The van der Waals surface area contributed by atoms with Crippen LogP contribution in [-0.4, -0.2) is 12.6 Å². The van der Waals surface area contributed by atoms with E-state index in [4.69, 9.17) is 4.74 Å². The lowest BCUT2D eigenvalue weighted by atomic mass is 9.69. The van der Waals surface area contributed by atoms with Crippen molar-refractivity contribution in [1.82, 2.24) is 0 Å². The van der Waals surface area contributed by atoms with Gasteiger partial charge < -0.3 is 4.74 Å². The summed E-state index contributed by atoms with van der Waals surface area (Å²) in [5, 5.41) is 0. The molecule has 0 aliphatic carbocycles. The lowest BCUT2D eigenvalue weighted by Gasteiger charge is -2.33. The van der Waals surface area contributed by atoms with Crippen LogP contribution in [-0.2, 0) is 14.9 Å². The van der Waals surface area contributed by atoms with Gasteiger partial charge >= 0.3 is 5.97 Å². The van der Waals surface area contributed by atoms with E-state index in [1.54, 1.807) is 0 Å². The topological polar surface area (TPSA) is 26.3 Å². The molecule has 0 aliphatic heterocycles. The molecule has 0 spiro atoms. The van der Waals surface area contributed by atoms with Crippen molar-refractivity contribution < 1.29 is 9.53 Å². The van der Waals surface area contributed by atoms with Gasteiger partial charge in [-0.25, -0.2) is 0 Å². The van der Waals surface area contributed by atoms with Crippen molar-refractivity contribution in [3.05, 3.63) is 119 Å². The molecule has 0 saturated carbocycles. The summed E-state index contributed by atoms with van der Waals surface area (Å²) >= 11 is 0. The first-order valence-electron chi connectivity index (χ1n) is 9.13. The zero-order valence-electron chi connectivity index (χ0n) is 15.8. The fourth-order valence-corrected chi connectivity index (χ4v) is 3.31. The van der Waals surface area contributed by atoms with Crippen LogP contribution in [0.5, 0.6) is 0 Å². The summed E-state index contributed by atoms with van der Waals surface area (Å²) in [6.45, 7) is 4.24. The lowest BCUT2D eigenvalue weighted by molar-refractivity contribution is -0.146. The third-order valence-corrected chi connectivity index (χ3v) is 4.63. The van der Waals surface area contributed by atoms with Crippen molar-refractivity contribution >= 4 is 5.97 Å². The van der Waals surface area contributed by atoms with Crippen LogP contribution in [0.4, 0.5) is 0 Å². The second kappa shape index (κ2) is 8.50. The molecule has 2 nitrogen and oxygen atoms in total. The summed E-state index contributed by atoms with van der Waals surface area (Å²) < 4.78 is 5.77. The van der Waals surface area contributed by atoms with Crippen LogP contribution in [0, 0.1) is 0 Å². The van der Waals surface area contributed by atoms with Gasteiger partial charge in [0.25, 0.3) is 0 Å². The Labute approximate surface area is 161 Å². The molecule has 0 radical (unpaired) electrons. The molecule has 3 aromatic carbocycles. The van der Waals surface area contributed by atoms with E-state index in [2.05, 4.69) is 0 Å². The van der Waals surface area contributed by atoms with Gasteiger partial charge in [-0.1, -0.05) is 96.6 Å². The number of esters is 1. The summed E-state index contributed by atoms with van der Waals surface area (Å²) in [5.74, 6) is -0.274. The van der Waals surface area contributed by atoms with Crippen LogP contribution >= 0.6 is 0 Å². The van der Waals surface area contributed by atoms with Crippen molar-refractivity contribution in [3.63, 3.8) is 0 Å². The van der Waals surface area contributed by atoms with Crippen molar-refractivity contribution in [1.29, 1.82) is 0 Å². The fourth-order valence-electron chi connectivity index (χ4n) is 3.31. The highest BCUT2D eigenvalue weighted by Gasteiger charge is 2.45. The normalized spacial score (nSPS) is 10.9. The molecule has 2 heteroatoms. The molecule has 0 aliphatic rings. The second-order valence-electron chi connectivity index (χ2n) is 6.73. The Kier molecular flexibility index (Phi) is 5.87. The molecular weight excluding hydrogens is 332 g/mol. The molecule has 0 amide bonds. The Morgan fingerprint density at radius 2 is 1.11 bits per heavy atom. The molecule has 3 rings (SSSR count). The zero-order chi connectivity index (χ0) is 19.1. The van der Waals surface area contributed by atoms with Gasteiger partial charge in [0, 0.05) is 0 Å². The number of hydrogen-bond acceptors (Lipinski definition) is 2. The number of carbonyl (C=O) groups excluding carboxylic acids is 1. The van der Waals surface area contributed by atoms with Crippen molar-refractivity contribution in [2.45, 2.75) is 19.3 Å². The lowest BCUT2D eigenvalue weighted by Crippen LogP contribution is -2.40. The third-order valence-electron chi connectivity index (χ3n) is 4.63. The minimum Gasteiger partial charge on any atom is -0.460 e. The molecule has 136 valence electrons. The number of benzene rings is 3. The number of carbonyl (C=O) groups is 1. The van der Waals surface area contributed by atoms with Crippen LogP contribution in [0.2, 0.25) is 0 Å². The number of ether oxygens (including phenoxy) is 1. The van der Waals surface area contributed by atoms with E-state index in [9.17, 15) is 4.79 Å². The maximum atomic E-state index is 13.6. The predicted molar refractivity (Wildman–Crippen MR) is 110 cm³/mol. The molecule has 0 heterocycles. The molecule has 0 fully saturated rings. The Hall–Kier alpha value is -3.13. The van der Waals surface area contributed by atoms with Crippen molar-refractivity contribution in [2.24, 2.45) is 0 Å². The molecule has 0 bridgehead atoms. The van der Waals surface area contributed by atoms with E-state index in [0.29, 0.717) is 0 Å². The van der Waals surface area contributed by atoms with Gasteiger partial charge in [-0.15, -0.1) is 0 Å². The Morgan fingerprint density at radius 3 is 1.44 bits per heavy atom. The average molecular weight is 356 g/mol. The van der Waals surface area contributed by atoms with E-state index in [0.717, 1.165) is 22.3 Å². The van der Waals surface area contributed by atoms with Gasteiger partial charge in [-0.2, -0.15) is 0 Å². The smallest absolute Gasteiger partial charge is 0.325 e. The minimum absolute atomic E-state index is 0.259. The first kappa shape index (κ1) is 18.7. The van der Waals surface area contributed by atoms with Gasteiger partial charge in [0.2, 0.25) is 0 Å². The maximum absolute atomic E-state index is 13.6.